The van der Waals surface area contributed by atoms with Crippen molar-refractivity contribution in [3.63, 3.8) is 0 Å². The van der Waals surface area contributed by atoms with Crippen LogP contribution in [-0.2, 0) is 4.79 Å². The molecule has 1 aromatic rings. The van der Waals surface area contributed by atoms with Crippen LogP contribution in [0.3, 0.4) is 0 Å². The number of carbonyl (C=O) groups is 1. The Bertz CT molecular complexity index is 514. The molecule has 2 N–H and O–H groups in total. The van der Waals surface area contributed by atoms with Crippen molar-refractivity contribution in [1.82, 2.24) is 5.32 Å². The summed E-state index contributed by atoms with van der Waals surface area (Å²) in [5.74, 6) is -0.410. The van der Waals surface area contributed by atoms with Gasteiger partial charge in [0, 0.05) is 18.2 Å². The lowest BCUT2D eigenvalue weighted by Gasteiger charge is -2.24. The lowest BCUT2D eigenvalue weighted by molar-refractivity contribution is -0.117. The lowest BCUT2D eigenvalue weighted by Crippen LogP contribution is -2.41. The van der Waals surface area contributed by atoms with Gasteiger partial charge in [-0.1, -0.05) is 32.0 Å². The van der Waals surface area contributed by atoms with Crippen LogP contribution in [0, 0.1) is 0 Å². The van der Waals surface area contributed by atoms with Crippen LogP contribution in [0.25, 0.3) is 6.08 Å². The highest BCUT2D eigenvalue weighted by Crippen LogP contribution is 2.21. The molecule has 0 bridgehead atoms. The second kappa shape index (κ2) is 8.48. The molecular formula is C16H21F2NO3. The molecule has 1 rings (SSSR count). The minimum atomic E-state index is -2.92. The Labute approximate surface area is 128 Å². The predicted molar refractivity (Wildman–Crippen MR) is 80.6 cm³/mol. The van der Waals surface area contributed by atoms with Crippen molar-refractivity contribution in [2.75, 3.05) is 6.54 Å². The number of alkyl halides is 2. The van der Waals surface area contributed by atoms with Crippen LogP contribution in [0.5, 0.6) is 5.75 Å². The SMILES string of the molecule is CCC(O)(CC)CNC(=O)C=Cc1ccccc1OC(F)F. The van der Waals surface area contributed by atoms with E-state index < -0.39 is 18.1 Å². The zero-order valence-corrected chi connectivity index (χ0v) is 12.7. The molecule has 0 heterocycles. The Morgan fingerprint density at radius 2 is 2.00 bits per heavy atom. The summed E-state index contributed by atoms with van der Waals surface area (Å²) in [5, 5.41) is 12.7. The van der Waals surface area contributed by atoms with Gasteiger partial charge in [0.25, 0.3) is 0 Å². The second-order valence-corrected chi connectivity index (χ2v) is 4.90. The zero-order valence-electron chi connectivity index (χ0n) is 12.7. The summed E-state index contributed by atoms with van der Waals surface area (Å²) in [5.41, 5.74) is -0.556. The van der Waals surface area contributed by atoms with E-state index >= 15 is 0 Å². The summed E-state index contributed by atoms with van der Waals surface area (Å²) in [4.78, 5) is 11.7. The number of nitrogens with one attached hydrogen (secondary N) is 1. The molecule has 6 heteroatoms. The summed E-state index contributed by atoms with van der Waals surface area (Å²) in [7, 11) is 0. The molecule has 0 aromatic heterocycles. The van der Waals surface area contributed by atoms with Crippen molar-refractivity contribution in [2.45, 2.75) is 38.9 Å². The Hall–Kier alpha value is -1.95. The average Bonchev–Trinajstić information content (AvgIpc) is 2.51. The number of para-hydroxylation sites is 1. The van der Waals surface area contributed by atoms with E-state index in [9.17, 15) is 18.7 Å². The predicted octanol–water partition coefficient (Wildman–Crippen LogP) is 2.97. The highest BCUT2D eigenvalue weighted by atomic mass is 19.3. The van der Waals surface area contributed by atoms with Crippen LogP contribution in [0.1, 0.15) is 32.3 Å². The van der Waals surface area contributed by atoms with Crippen molar-refractivity contribution < 1.29 is 23.4 Å². The number of hydrogen-bond acceptors (Lipinski definition) is 3. The van der Waals surface area contributed by atoms with E-state index in [2.05, 4.69) is 10.1 Å². The van der Waals surface area contributed by atoms with E-state index in [1.165, 1.54) is 18.2 Å². The van der Waals surface area contributed by atoms with Crippen molar-refractivity contribution in [3.8, 4) is 5.75 Å². The average molecular weight is 313 g/mol. The van der Waals surface area contributed by atoms with Gasteiger partial charge >= 0.3 is 6.61 Å². The van der Waals surface area contributed by atoms with E-state index in [-0.39, 0.29) is 12.3 Å². The fraction of sp³-hybridized carbons (Fsp3) is 0.438. The molecule has 0 radical (unpaired) electrons. The van der Waals surface area contributed by atoms with Gasteiger partial charge in [0.1, 0.15) is 5.75 Å². The van der Waals surface area contributed by atoms with Gasteiger partial charge in [0.05, 0.1) is 5.60 Å². The molecule has 0 spiro atoms. The van der Waals surface area contributed by atoms with Gasteiger partial charge in [0.15, 0.2) is 0 Å². The van der Waals surface area contributed by atoms with Crippen molar-refractivity contribution in [1.29, 1.82) is 0 Å². The maximum atomic E-state index is 12.3. The number of aliphatic hydroxyl groups is 1. The van der Waals surface area contributed by atoms with Crippen LogP contribution >= 0.6 is 0 Å². The molecule has 1 amide bonds. The lowest BCUT2D eigenvalue weighted by atomic mass is 9.98. The largest absolute Gasteiger partial charge is 0.434 e. The smallest absolute Gasteiger partial charge is 0.387 e. The van der Waals surface area contributed by atoms with E-state index in [4.69, 9.17) is 0 Å². The van der Waals surface area contributed by atoms with Gasteiger partial charge < -0.3 is 15.2 Å². The molecule has 0 unspecified atom stereocenters. The summed E-state index contributed by atoms with van der Waals surface area (Å²) < 4.78 is 28.9. The molecule has 0 aliphatic carbocycles. The quantitative estimate of drug-likeness (QED) is 0.725. The highest BCUT2D eigenvalue weighted by Gasteiger charge is 2.22. The van der Waals surface area contributed by atoms with E-state index in [1.54, 1.807) is 18.2 Å². The molecule has 22 heavy (non-hydrogen) atoms. The van der Waals surface area contributed by atoms with Gasteiger partial charge in [-0.25, -0.2) is 0 Å². The van der Waals surface area contributed by atoms with E-state index in [0.29, 0.717) is 18.4 Å². The number of halogens is 2. The fourth-order valence-electron chi connectivity index (χ4n) is 1.80. The molecular weight excluding hydrogens is 292 g/mol. The number of benzene rings is 1. The van der Waals surface area contributed by atoms with Gasteiger partial charge in [-0.05, 0) is 25.0 Å². The first-order valence-corrected chi connectivity index (χ1v) is 7.12. The third-order valence-electron chi connectivity index (χ3n) is 3.46. The maximum absolute atomic E-state index is 12.3. The molecule has 4 nitrogen and oxygen atoms in total. The Morgan fingerprint density at radius 1 is 1.36 bits per heavy atom. The number of carbonyl (C=O) groups excluding carboxylic acids is 1. The third-order valence-corrected chi connectivity index (χ3v) is 3.46. The minimum Gasteiger partial charge on any atom is -0.434 e. The van der Waals surface area contributed by atoms with Gasteiger partial charge in [-0.2, -0.15) is 8.78 Å². The minimum absolute atomic E-state index is 0.000159. The Morgan fingerprint density at radius 3 is 2.59 bits per heavy atom. The van der Waals surface area contributed by atoms with Crippen LogP contribution in [0.2, 0.25) is 0 Å². The summed E-state index contributed by atoms with van der Waals surface area (Å²) in [6, 6.07) is 6.19. The molecule has 0 aliphatic rings. The van der Waals surface area contributed by atoms with Crippen LogP contribution in [-0.4, -0.2) is 29.8 Å². The molecule has 0 aliphatic heterocycles. The van der Waals surface area contributed by atoms with Crippen LogP contribution in [0.4, 0.5) is 8.78 Å². The van der Waals surface area contributed by atoms with Gasteiger partial charge in [-0.3, -0.25) is 4.79 Å². The summed E-state index contributed by atoms with van der Waals surface area (Å²) in [6.07, 6.45) is 3.67. The number of amides is 1. The summed E-state index contributed by atoms with van der Waals surface area (Å²) in [6.45, 7) is 0.887. The topological polar surface area (TPSA) is 58.6 Å². The molecule has 0 saturated heterocycles. The first-order chi connectivity index (χ1) is 10.4. The first kappa shape index (κ1) is 18.1. The van der Waals surface area contributed by atoms with E-state index in [0.717, 1.165) is 0 Å². The van der Waals surface area contributed by atoms with E-state index in [1.807, 2.05) is 13.8 Å². The molecule has 0 fully saturated rings. The van der Waals surface area contributed by atoms with Gasteiger partial charge in [0.2, 0.25) is 5.91 Å². The fourth-order valence-corrected chi connectivity index (χ4v) is 1.80. The number of ether oxygens (including phenoxy) is 1. The number of rotatable bonds is 8. The first-order valence-electron chi connectivity index (χ1n) is 7.12. The van der Waals surface area contributed by atoms with Crippen LogP contribution in [0.15, 0.2) is 30.3 Å². The summed E-state index contributed by atoms with van der Waals surface area (Å²) >= 11 is 0. The molecule has 0 atom stereocenters. The molecule has 1 aromatic carbocycles. The number of hydrogen-bond donors (Lipinski definition) is 2. The molecule has 0 saturated carbocycles. The van der Waals surface area contributed by atoms with Gasteiger partial charge in [-0.15, -0.1) is 0 Å². The van der Waals surface area contributed by atoms with Crippen molar-refractivity contribution >= 4 is 12.0 Å². The zero-order chi connectivity index (χ0) is 16.6. The normalized spacial score (nSPS) is 11.9. The van der Waals surface area contributed by atoms with Crippen molar-refractivity contribution in [2.24, 2.45) is 0 Å². The monoisotopic (exact) mass is 313 g/mol. The highest BCUT2D eigenvalue weighted by molar-refractivity contribution is 5.92. The van der Waals surface area contributed by atoms with Crippen LogP contribution < -0.4 is 10.1 Å². The third kappa shape index (κ3) is 5.81. The second-order valence-electron chi connectivity index (χ2n) is 4.90. The maximum Gasteiger partial charge on any atom is 0.387 e. The molecule has 122 valence electrons. The Balaban J connectivity index is 2.66. The standard InChI is InChI=1S/C16H21F2NO3/c1-3-16(21,4-2)11-19-14(20)10-9-12-7-5-6-8-13(12)22-15(17)18/h5-10,15,21H,3-4,11H2,1-2H3,(H,19,20). The van der Waals surface area contributed by atoms with Crippen molar-refractivity contribution in [3.05, 3.63) is 35.9 Å². The Kier molecular flexibility index (Phi) is 6.98.